The van der Waals surface area contributed by atoms with Gasteiger partial charge in [0, 0.05) is 108 Å². The molecule has 0 saturated heterocycles. The van der Waals surface area contributed by atoms with Crippen LogP contribution in [0.3, 0.4) is 0 Å². The molecule has 0 bridgehead atoms. The fourth-order valence-corrected chi connectivity index (χ4v) is 6.50. The van der Waals surface area contributed by atoms with Crippen molar-refractivity contribution >= 4 is 0 Å². The second-order valence-corrected chi connectivity index (χ2v) is 17.3. The summed E-state index contributed by atoms with van der Waals surface area (Å²) in [5, 5.41) is 0. The lowest BCUT2D eigenvalue weighted by Gasteiger charge is -2.00. The first-order valence-electron chi connectivity index (χ1n) is 25.6. The first-order chi connectivity index (χ1) is 39.0. The molecular formula is C66H66N14. The molecule has 1 aromatic carbocycles. The van der Waals surface area contributed by atoms with Gasteiger partial charge in [0.1, 0.15) is 24.3 Å². The highest BCUT2D eigenvalue weighted by Gasteiger charge is 2.00. The molecule has 0 amide bonds. The Morgan fingerprint density at radius 3 is 1.04 bits per heavy atom. The number of pyridine rings is 9. The quantitative estimate of drug-likeness (QED) is 0.162. The SMILES string of the molecule is Cc1cccc(-c2ccccc2)n1.Cc1cccc(-c2ccccn2)n1.Cc1cccc(-c2cccnc2)n1.Cc1cccc(-c2ccncc2)n1.Cc1cccnc1.Cc1ccncc1.Cc1ncccn1.Cc1ncncn1. The molecule has 0 spiro atoms. The number of aromatic nitrogens is 14. The van der Waals surface area contributed by atoms with Gasteiger partial charge in [0.05, 0.1) is 28.5 Å². The molecular weight excluding hydrogens is 989 g/mol. The third-order valence-electron chi connectivity index (χ3n) is 10.5. The average Bonchev–Trinajstić information content (AvgIpc) is 3.50. The van der Waals surface area contributed by atoms with E-state index in [1.165, 1.54) is 29.3 Å². The van der Waals surface area contributed by atoms with Gasteiger partial charge >= 0.3 is 0 Å². The Morgan fingerprint density at radius 2 is 0.650 bits per heavy atom. The Bertz CT molecular complexity index is 3030. The second kappa shape index (κ2) is 35.8. The maximum Gasteiger partial charge on any atom is 0.128 e. The molecule has 11 heterocycles. The number of hydrogen-bond donors (Lipinski definition) is 0. The van der Waals surface area contributed by atoms with Gasteiger partial charge in [-0.15, -0.1) is 0 Å². The maximum atomic E-state index is 4.44. The van der Waals surface area contributed by atoms with Crippen molar-refractivity contribution in [3.63, 3.8) is 0 Å². The molecule has 0 atom stereocenters. The fraction of sp³-hybridized carbons (Fsp3) is 0.121. The van der Waals surface area contributed by atoms with Crippen LogP contribution in [0.4, 0.5) is 0 Å². The van der Waals surface area contributed by atoms with Crippen LogP contribution in [-0.4, -0.2) is 69.8 Å². The standard InChI is InChI=1S/C12H11N.3C11H10N2.2C6H7N.C5H6N2.C4H5N3/c1-10-6-5-9-12(13-10)11-7-3-2-4-8-11;1-9-4-2-6-11(13-9)10-5-3-7-12-8-10;1-9-5-4-7-11(13-9)10-6-2-3-8-12-10;1-9-3-2-4-11(13-9)10-5-7-12-8-6-10;1-6-2-4-7-5-3-6;1-6-3-2-4-7-5-6;1-5-6-3-2-4-7-5;1-4-6-2-5-3-7-4/h2-9H,1H3;3*2-8H,1H3;2*2-5H,1H3;2-4H,1H3;2-3H,1H3. The summed E-state index contributed by atoms with van der Waals surface area (Å²) in [6.07, 6.45) is 22.5. The van der Waals surface area contributed by atoms with Crippen molar-refractivity contribution in [2.75, 3.05) is 0 Å². The predicted molar refractivity (Wildman–Crippen MR) is 320 cm³/mol. The number of nitrogens with zero attached hydrogens (tertiary/aromatic N) is 14. The van der Waals surface area contributed by atoms with E-state index in [9.17, 15) is 0 Å². The largest absolute Gasteiger partial charge is 0.265 e. The molecule has 14 nitrogen and oxygen atoms in total. The zero-order valence-corrected chi connectivity index (χ0v) is 46.5. The first kappa shape index (κ1) is 60.5. The summed E-state index contributed by atoms with van der Waals surface area (Å²) >= 11 is 0. The van der Waals surface area contributed by atoms with Crippen molar-refractivity contribution in [1.82, 2.24) is 69.8 Å². The van der Waals surface area contributed by atoms with E-state index >= 15 is 0 Å². The number of aryl methyl sites for hydroxylation is 8. The average molecular weight is 1060 g/mol. The lowest BCUT2D eigenvalue weighted by Crippen LogP contribution is -1.87. The smallest absolute Gasteiger partial charge is 0.128 e. The van der Waals surface area contributed by atoms with Crippen LogP contribution in [-0.2, 0) is 0 Å². The summed E-state index contributed by atoms with van der Waals surface area (Å²) in [6.45, 7) is 15.7. The summed E-state index contributed by atoms with van der Waals surface area (Å²) in [5.74, 6) is 1.58. The first-order valence-corrected chi connectivity index (χ1v) is 25.6. The molecule has 0 aliphatic rings. The van der Waals surface area contributed by atoms with Crippen LogP contribution in [0.2, 0.25) is 0 Å². The summed E-state index contributed by atoms with van der Waals surface area (Å²) < 4.78 is 0. The predicted octanol–water partition coefficient (Wildman–Crippen LogP) is 14.2. The van der Waals surface area contributed by atoms with E-state index in [0.717, 1.165) is 74.0 Å². The van der Waals surface area contributed by atoms with Crippen LogP contribution in [0.5, 0.6) is 0 Å². The molecule has 0 unspecified atom stereocenters. The number of hydrogen-bond acceptors (Lipinski definition) is 14. The van der Waals surface area contributed by atoms with Crippen molar-refractivity contribution in [1.29, 1.82) is 0 Å². The van der Waals surface area contributed by atoms with Gasteiger partial charge in [-0.2, -0.15) is 0 Å². The monoisotopic (exact) mass is 1050 g/mol. The van der Waals surface area contributed by atoms with E-state index < -0.39 is 0 Å². The molecule has 0 saturated carbocycles. The summed E-state index contributed by atoms with van der Waals surface area (Å²) in [5.41, 5.74) is 14.8. The topological polar surface area (TPSA) is 180 Å². The second-order valence-electron chi connectivity index (χ2n) is 17.3. The highest BCUT2D eigenvalue weighted by molar-refractivity contribution is 5.60. The lowest BCUT2D eigenvalue weighted by atomic mass is 10.1. The molecule has 0 aliphatic heterocycles. The number of benzene rings is 1. The summed E-state index contributed by atoms with van der Waals surface area (Å²) in [7, 11) is 0. The summed E-state index contributed by atoms with van der Waals surface area (Å²) in [4.78, 5) is 56.5. The minimum absolute atomic E-state index is 0.759. The Morgan fingerprint density at radius 1 is 0.225 bits per heavy atom. The Hall–Kier alpha value is -10.3. The zero-order chi connectivity index (χ0) is 56.8. The minimum Gasteiger partial charge on any atom is -0.265 e. The molecule has 12 rings (SSSR count). The van der Waals surface area contributed by atoms with E-state index in [-0.39, 0.29) is 0 Å². The van der Waals surface area contributed by atoms with Crippen molar-refractivity contribution in [3.05, 3.63) is 302 Å². The Balaban J connectivity index is 0.000000171. The molecule has 80 heavy (non-hydrogen) atoms. The summed E-state index contributed by atoms with van der Waals surface area (Å²) in [6, 6.07) is 57.6. The fourth-order valence-electron chi connectivity index (χ4n) is 6.50. The Kier molecular flexibility index (Phi) is 27.1. The van der Waals surface area contributed by atoms with Crippen LogP contribution < -0.4 is 0 Å². The van der Waals surface area contributed by atoms with E-state index in [0.29, 0.717) is 0 Å². The molecule has 0 aliphatic carbocycles. The normalized spacial score (nSPS) is 9.50. The van der Waals surface area contributed by atoms with Crippen LogP contribution in [0.1, 0.15) is 45.6 Å². The molecule has 14 heteroatoms. The van der Waals surface area contributed by atoms with E-state index in [4.69, 9.17) is 0 Å². The van der Waals surface area contributed by atoms with Crippen molar-refractivity contribution < 1.29 is 0 Å². The van der Waals surface area contributed by atoms with Gasteiger partial charge in [0.25, 0.3) is 0 Å². The van der Waals surface area contributed by atoms with E-state index in [1.54, 1.807) is 61.8 Å². The third kappa shape index (κ3) is 25.0. The zero-order valence-electron chi connectivity index (χ0n) is 46.5. The van der Waals surface area contributed by atoms with Crippen molar-refractivity contribution in [3.8, 4) is 45.2 Å². The third-order valence-corrected chi connectivity index (χ3v) is 10.5. The van der Waals surface area contributed by atoms with E-state index in [2.05, 4.69) is 81.9 Å². The molecule has 11 aromatic heterocycles. The van der Waals surface area contributed by atoms with Crippen LogP contribution >= 0.6 is 0 Å². The molecule has 0 radical (unpaired) electrons. The van der Waals surface area contributed by atoms with Gasteiger partial charge in [-0.3, -0.25) is 44.9 Å². The van der Waals surface area contributed by atoms with Gasteiger partial charge in [-0.1, -0.05) is 66.7 Å². The van der Waals surface area contributed by atoms with Gasteiger partial charge < -0.3 is 0 Å². The minimum atomic E-state index is 0.759. The van der Waals surface area contributed by atoms with Crippen LogP contribution in [0, 0.1) is 55.4 Å². The highest BCUT2D eigenvalue weighted by atomic mass is 15.0. The Labute approximate surface area is 470 Å². The highest BCUT2D eigenvalue weighted by Crippen LogP contribution is 2.18. The van der Waals surface area contributed by atoms with Gasteiger partial charge in [-0.05, 0) is 176 Å². The van der Waals surface area contributed by atoms with Crippen molar-refractivity contribution in [2.45, 2.75) is 55.4 Å². The lowest BCUT2D eigenvalue weighted by molar-refractivity contribution is 0.974. The van der Waals surface area contributed by atoms with Gasteiger partial charge in [0.2, 0.25) is 0 Å². The molecule has 12 aromatic rings. The van der Waals surface area contributed by atoms with Crippen molar-refractivity contribution in [2.24, 2.45) is 0 Å². The maximum absolute atomic E-state index is 4.44. The molecule has 400 valence electrons. The van der Waals surface area contributed by atoms with E-state index in [1.807, 2.05) is 226 Å². The van der Waals surface area contributed by atoms with Crippen LogP contribution in [0.15, 0.2) is 257 Å². The van der Waals surface area contributed by atoms with Gasteiger partial charge in [-0.25, -0.2) is 24.9 Å². The van der Waals surface area contributed by atoms with Gasteiger partial charge in [0.15, 0.2) is 0 Å². The molecule has 0 fully saturated rings. The molecule has 0 N–H and O–H groups in total. The van der Waals surface area contributed by atoms with Crippen LogP contribution in [0.25, 0.3) is 45.2 Å². The number of rotatable bonds is 4.